The van der Waals surface area contributed by atoms with E-state index in [0.29, 0.717) is 0 Å². The van der Waals surface area contributed by atoms with Crippen molar-refractivity contribution >= 4 is 59.7 Å². The second-order valence-corrected chi connectivity index (χ2v) is 16.2. The minimum Gasteiger partial charge on any atom is -0.478 e. The molecule has 0 fully saturated rings. The Balaban J connectivity index is 0.000000259. The maximum absolute atomic E-state index is 14.8. The summed E-state index contributed by atoms with van der Waals surface area (Å²) in [5, 5.41) is 45.0. The molecule has 6 aromatic rings. The number of cyclic esters (lactones) is 4. The number of rotatable bonds is 12. The molecule has 6 aromatic carbocycles. The van der Waals surface area contributed by atoms with Gasteiger partial charge >= 0.3 is 59.7 Å². The van der Waals surface area contributed by atoms with Crippen LogP contribution in [0.5, 0.6) is 46.0 Å². The molecule has 0 amide bonds. The molecule has 0 aromatic heterocycles. The molecule has 8 rings (SSSR count). The van der Waals surface area contributed by atoms with Crippen molar-refractivity contribution in [1.82, 2.24) is 0 Å². The standard InChI is InChI=1S/C23H4F9NO10.C22F10O8.C4H6O3/c24-7-2(1-33)3(20(34)35)4(21(36)37)9(26)16(7)42-18-12(29)14(31)19(15(32)13(18)30)43-17-10(27)6(23(40)41)5(22(38)39)8(25)11(17)28;23-5-1-3(21(35)39-19(1)33)7(25)15(9(5)27)37-17-11(29)13(31)18(14(32)12(17)30)38-16-8(26)4-2(6(24)10(16)28)20(34)40-22(4)36;1-3(5)7-4(2)6/h(H,34,35)(H,36,37)(H,38,39)(H,40,41);;1-2H3. The number of nitrogens with zero attached hydrogens (tertiary/aromatic N) is 1. The van der Waals surface area contributed by atoms with Crippen LogP contribution in [0.1, 0.15) is 102 Å². The van der Waals surface area contributed by atoms with Crippen LogP contribution in [0.15, 0.2) is 0 Å². The highest BCUT2D eigenvalue weighted by molar-refractivity contribution is 6.16. The summed E-state index contributed by atoms with van der Waals surface area (Å²) in [7, 11) is 0. The minimum absolute atomic E-state index is 0.562. The van der Waals surface area contributed by atoms with E-state index >= 15 is 0 Å². The van der Waals surface area contributed by atoms with E-state index in [-0.39, 0.29) is 0 Å². The molecule has 2 heterocycles. The minimum atomic E-state index is -2.88. The van der Waals surface area contributed by atoms with Gasteiger partial charge in [-0.05, 0) is 0 Å². The first-order valence-electron chi connectivity index (χ1n) is 21.9. The molecule has 4 N–H and O–H groups in total. The van der Waals surface area contributed by atoms with Crippen molar-refractivity contribution < 1.29 is 185 Å². The van der Waals surface area contributed by atoms with Gasteiger partial charge in [-0.25, -0.2) is 73.5 Å². The molecule has 0 saturated heterocycles. The number of carboxylic acids is 4. The fraction of sp³-hybridized carbons (Fsp3) is 0.0408. The molecule has 2 aliphatic rings. The number of hydrogen-bond donors (Lipinski definition) is 4. The lowest BCUT2D eigenvalue weighted by molar-refractivity contribution is -0.156. The summed E-state index contributed by atoms with van der Waals surface area (Å²) in [4.78, 5) is 111. The lowest BCUT2D eigenvalue weighted by Gasteiger charge is -2.17. The fourth-order valence-corrected chi connectivity index (χ4v) is 7.16. The van der Waals surface area contributed by atoms with Crippen LogP contribution in [0.4, 0.5) is 83.4 Å². The molecule has 0 bridgehead atoms. The smallest absolute Gasteiger partial charge is 0.350 e. The third kappa shape index (κ3) is 11.4. The van der Waals surface area contributed by atoms with E-state index in [1.807, 2.05) is 0 Å². The van der Waals surface area contributed by atoms with Crippen molar-refractivity contribution in [2.45, 2.75) is 13.8 Å². The Hall–Kier alpha value is -12.0. The Labute approximate surface area is 476 Å². The van der Waals surface area contributed by atoms with Crippen LogP contribution < -0.4 is 18.9 Å². The topological polar surface area (TPSA) is 340 Å². The molecule has 0 atom stereocenters. The first-order valence-corrected chi connectivity index (χ1v) is 21.9. The monoisotopic (exact) mass is 1310 g/mol. The molecule has 22 nitrogen and oxygen atoms in total. The second kappa shape index (κ2) is 24.8. The van der Waals surface area contributed by atoms with E-state index in [9.17, 15) is 131 Å². The third-order valence-electron chi connectivity index (χ3n) is 10.8. The van der Waals surface area contributed by atoms with Crippen LogP contribution >= 0.6 is 0 Å². The number of carboxylic acid groups (broad SMARTS) is 4. The van der Waals surface area contributed by atoms with Gasteiger partial charge in [0.25, 0.3) is 0 Å². The molecular weight excluding hydrogens is 1300 g/mol. The van der Waals surface area contributed by atoms with Gasteiger partial charge in [-0.2, -0.15) is 53.6 Å². The molecule has 0 radical (unpaired) electrons. The van der Waals surface area contributed by atoms with Crippen LogP contribution in [0.3, 0.4) is 0 Å². The quantitative estimate of drug-likeness (QED) is 0.0291. The zero-order valence-electron chi connectivity index (χ0n) is 41.9. The van der Waals surface area contributed by atoms with Crippen LogP contribution in [-0.2, 0) is 23.8 Å². The van der Waals surface area contributed by atoms with Gasteiger partial charge in [0.15, 0.2) is 46.5 Å². The molecule has 0 aliphatic carbocycles. The van der Waals surface area contributed by atoms with Gasteiger partial charge in [0, 0.05) is 13.8 Å². The number of carbonyl (C=O) groups is 10. The Morgan fingerprint density at radius 3 is 0.756 bits per heavy atom. The highest BCUT2D eigenvalue weighted by atomic mass is 19.2. The summed E-state index contributed by atoms with van der Waals surface area (Å²) < 4.78 is 304. The van der Waals surface area contributed by atoms with Crippen molar-refractivity contribution in [2.24, 2.45) is 0 Å². The molecule has 41 heteroatoms. The summed E-state index contributed by atoms with van der Waals surface area (Å²) in [6.07, 6.45) is 0. The Morgan fingerprint density at radius 2 is 0.511 bits per heavy atom. The van der Waals surface area contributed by atoms with E-state index in [1.54, 1.807) is 0 Å². The van der Waals surface area contributed by atoms with Crippen molar-refractivity contribution in [1.29, 1.82) is 5.26 Å². The van der Waals surface area contributed by atoms with Crippen molar-refractivity contribution in [3.05, 3.63) is 161 Å². The Kier molecular flexibility index (Phi) is 18.5. The van der Waals surface area contributed by atoms with Gasteiger partial charge in [0.2, 0.25) is 110 Å². The maximum atomic E-state index is 14.8. The van der Waals surface area contributed by atoms with Crippen LogP contribution in [-0.4, -0.2) is 80.1 Å². The summed E-state index contributed by atoms with van der Waals surface area (Å²) in [6, 6.07) is 0.819. The average Bonchev–Trinajstić information content (AvgIpc) is 1.54. The number of benzene rings is 6. The van der Waals surface area contributed by atoms with Gasteiger partial charge < -0.3 is 53.6 Å². The van der Waals surface area contributed by atoms with E-state index in [0.717, 1.165) is 6.07 Å². The molecule has 90 heavy (non-hydrogen) atoms. The van der Waals surface area contributed by atoms with Gasteiger partial charge in [-0.3, -0.25) is 9.59 Å². The largest absolute Gasteiger partial charge is 0.478 e. The van der Waals surface area contributed by atoms with Crippen LogP contribution in [0.25, 0.3) is 0 Å². The Morgan fingerprint density at radius 1 is 0.311 bits per heavy atom. The summed E-state index contributed by atoms with van der Waals surface area (Å²) >= 11 is 0. The predicted octanol–water partition coefficient (Wildman–Crippen LogP) is 10.6. The van der Waals surface area contributed by atoms with Gasteiger partial charge in [-0.1, -0.05) is 0 Å². The van der Waals surface area contributed by atoms with E-state index < -0.39 is 266 Å². The molecular formula is C49H10F19NO21. The van der Waals surface area contributed by atoms with Gasteiger partial charge in [0.05, 0.1) is 5.56 Å². The molecule has 0 unspecified atom stereocenters. The maximum Gasteiger partial charge on any atom is 0.350 e. The number of esters is 6. The molecule has 0 spiro atoms. The number of aromatic carboxylic acids is 4. The lowest BCUT2D eigenvalue weighted by Crippen LogP contribution is -2.17. The SMILES string of the molecule is CC(=O)OC(C)=O.N#Cc1c(F)c(Oc2c(F)c(F)c(Oc3c(F)c(F)c(C(=O)O)c(C(=O)O)c3F)c(F)c2F)c(F)c(C(=O)O)c1C(=O)O.O=C1OC(=O)c2c(F)c(Oc3c(F)c(F)c(Oc4c(F)c(F)c5c(c4F)C(=O)OC5=O)c(F)c3F)c(F)c(F)c21. The molecule has 470 valence electrons. The van der Waals surface area contributed by atoms with E-state index in [1.165, 1.54) is 13.8 Å². The highest BCUT2D eigenvalue weighted by Gasteiger charge is 2.45. The fourth-order valence-electron chi connectivity index (χ4n) is 7.16. The number of hydrogen-bond acceptors (Lipinski definition) is 18. The number of ether oxygens (including phenoxy) is 7. The summed E-state index contributed by atoms with van der Waals surface area (Å²) in [5.41, 5.74) is -16.2. The van der Waals surface area contributed by atoms with Crippen molar-refractivity contribution in [3.63, 3.8) is 0 Å². The third-order valence-corrected chi connectivity index (χ3v) is 10.8. The molecule has 2 aliphatic heterocycles. The van der Waals surface area contributed by atoms with Crippen molar-refractivity contribution in [2.75, 3.05) is 0 Å². The number of fused-ring (bicyclic) bond motifs is 2. The number of halogens is 19. The lowest BCUT2D eigenvalue weighted by atomic mass is 9.99. The summed E-state index contributed by atoms with van der Waals surface area (Å²) in [5.74, 6) is -87.2. The van der Waals surface area contributed by atoms with E-state index in [4.69, 9.17) is 25.7 Å². The predicted molar refractivity (Wildman–Crippen MR) is 233 cm³/mol. The zero-order valence-corrected chi connectivity index (χ0v) is 41.9. The highest BCUT2D eigenvalue weighted by Crippen LogP contribution is 2.47. The number of carbonyl (C=O) groups excluding carboxylic acids is 6. The number of nitriles is 1. The second-order valence-electron chi connectivity index (χ2n) is 16.2. The first kappa shape index (κ1) is 67.1. The van der Waals surface area contributed by atoms with Gasteiger partial charge in [0.1, 0.15) is 50.6 Å². The summed E-state index contributed by atoms with van der Waals surface area (Å²) in [6.45, 7) is 2.36. The van der Waals surface area contributed by atoms with Gasteiger partial charge in [-0.15, -0.1) is 0 Å². The van der Waals surface area contributed by atoms with Crippen molar-refractivity contribution in [3.8, 4) is 52.1 Å². The average molecular weight is 1310 g/mol. The van der Waals surface area contributed by atoms with Crippen LogP contribution in [0.2, 0.25) is 0 Å². The normalized spacial score (nSPS) is 11.9. The molecule has 0 saturated carbocycles. The van der Waals surface area contributed by atoms with Crippen LogP contribution in [0, 0.1) is 122 Å². The Bertz CT molecular complexity index is 4220. The zero-order chi connectivity index (χ0) is 68.2. The van der Waals surface area contributed by atoms with E-state index in [2.05, 4.69) is 33.2 Å². The first-order chi connectivity index (χ1) is 41.7.